The molecule has 0 spiro atoms. The van der Waals surface area contributed by atoms with Crippen LogP contribution in [0.1, 0.15) is 19.8 Å². The SMILES string of the molecule is CCCCNC(=O)N1CCSCC1. The molecule has 0 aromatic rings. The average molecular weight is 202 g/mol. The van der Waals surface area contributed by atoms with Gasteiger partial charge in [0.1, 0.15) is 0 Å². The quantitative estimate of drug-likeness (QED) is 0.704. The average Bonchev–Trinajstić information content (AvgIpc) is 2.19. The summed E-state index contributed by atoms with van der Waals surface area (Å²) in [6, 6.07) is 0.119. The number of amides is 2. The molecule has 1 N–H and O–H groups in total. The van der Waals surface area contributed by atoms with E-state index in [1.54, 1.807) is 0 Å². The molecule has 76 valence electrons. The van der Waals surface area contributed by atoms with Crippen LogP contribution in [-0.4, -0.2) is 42.1 Å². The van der Waals surface area contributed by atoms with Crippen LogP contribution in [0.5, 0.6) is 0 Å². The predicted octanol–water partition coefficient (Wildman–Crippen LogP) is 1.54. The molecular formula is C9H18N2OS. The van der Waals surface area contributed by atoms with Gasteiger partial charge in [0.25, 0.3) is 0 Å². The third-order valence-electron chi connectivity index (χ3n) is 2.10. The first-order chi connectivity index (χ1) is 6.34. The molecule has 0 aromatic heterocycles. The number of nitrogens with one attached hydrogen (secondary N) is 1. The van der Waals surface area contributed by atoms with Crippen molar-refractivity contribution < 1.29 is 4.79 Å². The van der Waals surface area contributed by atoms with Gasteiger partial charge in [0.2, 0.25) is 0 Å². The molecule has 0 bridgehead atoms. The summed E-state index contributed by atoms with van der Waals surface area (Å²) in [5, 5.41) is 2.93. The number of rotatable bonds is 3. The van der Waals surface area contributed by atoms with Crippen LogP contribution in [0.3, 0.4) is 0 Å². The Kier molecular flexibility index (Phi) is 5.05. The zero-order valence-electron chi connectivity index (χ0n) is 8.21. The van der Waals surface area contributed by atoms with E-state index in [4.69, 9.17) is 0 Å². The zero-order chi connectivity index (χ0) is 9.52. The minimum atomic E-state index is 0.119. The van der Waals surface area contributed by atoms with Crippen molar-refractivity contribution in [1.29, 1.82) is 0 Å². The molecule has 1 fully saturated rings. The Balaban J connectivity index is 2.13. The lowest BCUT2D eigenvalue weighted by atomic mass is 10.3. The Morgan fingerprint density at radius 3 is 2.77 bits per heavy atom. The van der Waals surface area contributed by atoms with Crippen LogP contribution < -0.4 is 5.32 Å². The van der Waals surface area contributed by atoms with E-state index >= 15 is 0 Å². The van der Waals surface area contributed by atoms with Crippen LogP contribution in [0.2, 0.25) is 0 Å². The molecule has 1 saturated heterocycles. The van der Waals surface area contributed by atoms with Gasteiger partial charge in [-0.1, -0.05) is 13.3 Å². The number of thioether (sulfide) groups is 1. The van der Waals surface area contributed by atoms with Crippen molar-refractivity contribution in [2.24, 2.45) is 0 Å². The first kappa shape index (κ1) is 10.7. The van der Waals surface area contributed by atoms with E-state index in [-0.39, 0.29) is 6.03 Å². The van der Waals surface area contributed by atoms with Gasteiger partial charge in [-0.05, 0) is 6.42 Å². The molecule has 0 aromatic carbocycles. The maximum Gasteiger partial charge on any atom is 0.317 e. The molecule has 4 heteroatoms. The summed E-state index contributed by atoms with van der Waals surface area (Å²) >= 11 is 1.92. The Labute approximate surface area is 84.2 Å². The van der Waals surface area contributed by atoms with Crippen molar-refractivity contribution in [3.63, 3.8) is 0 Å². The van der Waals surface area contributed by atoms with Gasteiger partial charge in [0.15, 0.2) is 0 Å². The monoisotopic (exact) mass is 202 g/mol. The fraction of sp³-hybridized carbons (Fsp3) is 0.889. The minimum Gasteiger partial charge on any atom is -0.338 e. The summed E-state index contributed by atoms with van der Waals surface area (Å²) in [6.07, 6.45) is 2.21. The molecule has 1 aliphatic heterocycles. The van der Waals surface area contributed by atoms with Gasteiger partial charge >= 0.3 is 6.03 Å². The highest BCUT2D eigenvalue weighted by Gasteiger charge is 2.15. The summed E-state index contributed by atoms with van der Waals surface area (Å²) in [7, 11) is 0. The van der Waals surface area contributed by atoms with Crippen molar-refractivity contribution in [2.45, 2.75) is 19.8 Å². The van der Waals surface area contributed by atoms with Gasteiger partial charge in [0, 0.05) is 31.1 Å². The lowest BCUT2D eigenvalue weighted by molar-refractivity contribution is 0.203. The summed E-state index contributed by atoms with van der Waals surface area (Å²) in [5.41, 5.74) is 0. The van der Waals surface area contributed by atoms with Crippen LogP contribution >= 0.6 is 11.8 Å². The molecule has 1 rings (SSSR count). The van der Waals surface area contributed by atoms with Crippen LogP contribution in [0.25, 0.3) is 0 Å². The Morgan fingerprint density at radius 2 is 2.15 bits per heavy atom. The second-order valence-corrected chi connectivity index (χ2v) is 4.41. The van der Waals surface area contributed by atoms with E-state index in [0.717, 1.165) is 44.0 Å². The fourth-order valence-corrected chi connectivity index (χ4v) is 2.15. The van der Waals surface area contributed by atoms with Gasteiger partial charge in [-0.25, -0.2) is 4.79 Å². The Hall–Kier alpha value is -0.380. The van der Waals surface area contributed by atoms with E-state index in [9.17, 15) is 4.79 Å². The molecule has 13 heavy (non-hydrogen) atoms. The van der Waals surface area contributed by atoms with E-state index in [1.165, 1.54) is 0 Å². The number of carbonyl (C=O) groups excluding carboxylic acids is 1. The molecule has 3 nitrogen and oxygen atoms in total. The summed E-state index contributed by atoms with van der Waals surface area (Å²) < 4.78 is 0. The van der Waals surface area contributed by atoms with Crippen molar-refractivity contribution in [2.75, 3.05) is 31.1 Å². The van der Waals surface area contributed by atoms with Crippen molar-refractivity contribution >= 4 is 17.8 Å². The van der Waals surface area contributed by atoms with Crippen molar-refractivity contribution in [3.05, 3.63) is 0 Å². The molecule has 0 aliphatic carbocycles. The molecule has 0 saturated carbocycles. The van der Waals surface area contributed by atoms with Crippen LogP contribution in [0.15, 0.2) is 0 Å². The van der Waals surface area contributed by atoms with Crippen molar-refractivity contribution in [3.8, 4) is 0 Å². The fourth-order valence-electron chi connectivity index (χ4n) is 1.25. The standard InChI is InChI=1S/C9H18N2OS/c1-2-3-4-10-9(12)11-5-7-13-8-6-11/h2-8H2,1H3,(H,10,12). The van der Waals surface area contributed by atoms with Gasteiger partial charge in [-0.3, -0.25) is 0 Å². The first-order valence-corrected chi connectivity index (χ1v) is 6.10. The highest BCUT2D eigenvalue weighted by molar-refractivity contribution is 7.99. The van der Waals surface area contributed by atoms with Crippen LogP contribution in [-0.2, 0) is 0 Å². The Morgan fingerprint density at radius 1 is 1.46 bits per heavy atom. The van der Waals surface area contributed by atoms with Crippen LogP contribution in [0, 0.1) is 0 Å². The molecule has 0 atom stereocenters. The first-order valence-electron chi connectivity index (χ1n) is 4.95. The lowest BCUT2D eigenvalue weighted by Crippen LogP contribution is -2.44. The number of nitrogens with zero attached hydrogens (tertiary/aromatic N) is 1. The lowest BCUT2D eigenvalue weighted by Gasteiger charge is -2.26. The van der Waals surface area contributed by atoms with E-state index < -0.39 is 0 Å². The smallest absolute Gasteiger partial charge is 0.317 e. The van der Waals surface area contributed by atoms with E-state index in [0.29, 0.717) is 0 Å². The molecule has 0 unspecified atom stereocenters. The van der Waals surface area contributed by atoms with Gasteiger partial charge in [-0.2, -0.15) is 11.8 Å². The summed E-state index contributed by atoms with van der Waals surface area (Å²) in [4.78, 5) is 13.4. The van der Waals surface area contributed by atoms with Crippen LogP contribution in [0.4, 0.5) is 4.79 Å². The number of hydrogen-bond donors (Lipinski definition) is 1. The number of carbonyl (C=O) groups is 1. The van der Waals surface area contributed by atoms with Gasteiger partial charge in [0.05, 0.1) is 0 Å². The summed E-state index contributed by atoms with van der Waals surface area (Å²) in [6.45, 7) is 4.76. The highest BCUT2D eigenvalue weighted by Crippen LogP contribution is 2.08. The van der Waals surface area contributed by atoms with Gasteiger partial charge in [-0.15, -0.1) is 0 Å². The van der Waals surface area contributed by atoms with Crippen molar-refractivity contribution in [1.82, 2.24) is 10.2 Å². The Bertz CT molecular complexity index is 158. The van der Waals surface area contributed by atoms with E-state index in [1.807, 2.05) is 16.7 Å². The summed E-state index contributed by atoms with van der Waals surface area (Å²) in [5.74, 6) is 2.17. The number of unbranched alkanes of at least 4 members (excludes halogenated alkanes) is 1. The second-order valence-electron chi connectivity index (χ2n) is 3.18. The maximum absolute atomic E-state index is 11.5. The third-order valence-corrected chi connectivity index (χ3v) is 3.05. The maximum atomic E-state index is 11.5. The van der Waals surface area contributed by atoms with Gasteiger partial charge < -0.3 is 10.2 Å². The largest absolute Gasteiger partial charge is 0.338 e. The highest BCUT2D eigenvalue weighted by atomic mass is 32.2. The third kappa shape index (κ3) is 3.89. The zero-order valence-corrected chi connectivity index (χ0v) is 9.03. The predicted molar refractivity (Wildman–Crippen MR) is 57.2 cm³/mol. The normalized spacial score (nSPS) is 17.2. The molecule has 2 amide bonds. The van der Waals surface area contributed by atoms with E-state index in [2.05, 4.69) is 12.2 Å². The molecule has 0 radical (unpaired) electrons. The molecule has 1 heterocycles. The number of urea groups is 1. The molecule has 1 aliphatic rings. The number of hydrogen-bond acceptors (Lipinski definition) is 2. The minimum absolute atomic E-state index is 0.119. The second kappa shape index (κ2) is 6.13. The molecular weight excluding hydrogens is 184 g/mol. The topological polar surface area (TPSA) is 32.3 Å².